The second-order valence-electron chi connectivity index (χ2n) is 2.69. The Morgan fingerprint density at radius 3 is 2.79 bits per heavy atom. The standard InChI is InChI=1S/C9H11NO4/c1-14-9-4-2-3-8(10(12)13)7(9)5-6-11/h2-4,11H,5-6H2,1H3. The molecule has 0 saturated heterocycles. The zero-order valence-corrected chi connectivity index (χ0v) is 7.77. The number of nitrogens with zero attached hydrogens (tertiary/aromatic N) is 1. The molecular formula is C9H11NO4. The Kier molecular flexibility index (Phi) is 3.41. The average Bonchev–Trinajstić information content (AvgIpc) is 2.18. The number of nitro benzene ring substituents is 1. The van der Waals surface area contributed by atoms with Gasteiger partial charge in [-0.25, -0.2) is 0 Å². The number of hydrogen-bond donors (Lipinski definition) is 1. The molecule has 0 radical (unpaired) electrons. The number of nitro groups is 1. The fraction of sp³-hybridized carbons (Fsp3) is 0.333. The van der Waals surface area contributed by atoms with Crippen LogP contribution in [0.1, 0.15) is 5.56 Å². The molecule has 76 valence electrons. The molecule has 0 spiro atoms. The van der Waals surface area contributed by atoms with Gasteiger partial charge in [0.15, 0.2) is 0 Å². The minimum Gasteiger partial charge on any atom is -0.496 e. The quantitative estimate of drug-likeness (QED) is 0.580. The van der Waals surface area contributed by atoms with Crippen molar-refractivity contribution in [2.75, 3.05) is 13.7 Å². The van der Waals surface area contributed by atoms with Gasteiger partial charge in [0.25, 0.3) is 5.69 Å². The summed E-state index contributed by atoms with van der Waals surface area (Å²) in [6.07, 6.45) is 0.223. The first-order chi connectivity index (χ1) is 6.70. The van der Waals surface area contributed by atoms with E-state index in [4.69, 9.17) is 9.84 Å². The molecule has 0 aromatic heterocycles. The van der Waals surface area contributed by atoms with Crippen LogP contribution in [0, 0.1) is 10.1 Å². The predicted molar refractivity (Wildman–Crippen MR) is 50.4 cm³/mol. The normalized spacial score (nSPS) is 9.86. The number of aliphatic hydroxyl groups is 1. The second-order valence-corrected chi connectivity index (χ2v) is 2.69. The largest absolute Gasteiger partial charge is 0.496 e. The molecule has 14 heavy (non-hydrogen) atoms. The van der Waals surface area contributed by atoms with Crippen molar-refractivity contribution in [2.45, 2.75) is 6.42 Å². The molecule has 0 unspecified atom stereocenters. The van der Waals surface area contributed by atoms with Crippen molar-refractivity contribution in [2.24, 2.45) is 0 Å². The van der Waals surface area contributed by atoms with Gasteiger partial charge in [-0.1, -0.05) is 6.07 Å². The maximum absolute atomic E-state index is 10.6. The highest BCUT2D eigenvalue weighted by molar-refractivity contribution is 5.49. The molecule has 0 saturated carbocycles. The Labute approximate surface area is 81.1 Å². The Hall–Kier alpha value is -1.62. The van der Waals surface area contributed by atoms with Gasteiger partial charge >= 0.3 is 0 Å². The van der Waals surface area contributed by atoms with E-state index in [-0.39, 0.29) is 18.7 Å². The van der Waals surface area contributed by atoms with E-state index < -0.39 is 4.92 Å². The first-order valence-corrected chi connectivity index (χ1v) is 4.11. The molecule has 0 aliphatic heterocycles. The van der Waals surface area contributed by atoms with Gasteiger partial charge in [0.1, 0.15) is 5.75 Å². The smallest absolute Gasteiger partial charge is 0.276 e. The highest BCUT2D eigenvalue weighted by Crippen LogP contribution is 2.28. The van der Waals surface area contributed by atoms with E-state index in [9.17, 15) is 10.1 Å². The first kappa shape index (κ1) is 10.5. The number of aliphatic hydroxyl groups excluding tert-OH is 1. The monoisotopic (exact) mass is 197 g/mol. The third-order valence-electron chi connectivity index (χ3n) is 1.89. The molecule has 0 bridgehead atoms. The zero-order valence-electron chi connectivity index (χ0n) is 7.77. The zero-order chi connectivity index (χ0) is 10.6. The van der Waals surface area contributed by atoms with E-state index in [0.29, 0.717) is 11.3 Å². The lowest BCUT2D eigenvalue weighted by atomic mass is 10.1. The van der Waals surface area contributed by atoms with Crippen molar-refractivity contribution in [1.29, 1.82) is 0 Å². The van der Waals surface area contributed by atoms with Crippen LogP contribution < -0.4 is 4.74 Å². The highest BCUT2D eigenvalue weighted by atomic mass is 16.6. The summed E-state index contributed by atoms with van der Waals surface area (Å²) in [5, 5.41) is 19.4. The van der Waals surface area contributed by atoms with E-state index in [0.717, 1.165) is 0 Å². The second kappa shape index (κ2) is 4.57. The Balaban J connectivity index is 3.20. The summed E-state index contributed by atoms with van der Waals surface area (Å²) in [6, 6.07) is 4.59. The van der Waals surface area contributed by atoms with Crippen molar-refractivity contribution >= 4 is 5.69 Å². The molecule has 1 aromatic carbocycles. The van der Waals surface area contributed by atoms with Gasteiger partial charge in [0.2, 0.25) is 0 Å². The summed E-state index contributed by atoms with van der Waals surface area (Å²) in [5.41, 5.74) is 0.418. The lowest BCUT2D eigenvalue weighted by Gasteiger charge is -2.06. The molecule has 1 N–H and O–H groups in total. The van der Waals surface area contributed by atoms with Gasteiger partial charge in [-0.15, -0.1) is 0 Å². The highest BCUT2D eigenvalue weighted by Gasteiger charge is 2.16. The summed E-state index contributed by atoms with van der Waals surface area (Å²) in [5.74, 6) is 0.438. The van der Waals surface area contributed by atoms with Crippen LogP contribution in [-0.2, 0) is 6.42 Å². The number of hydrogen-bond acceptors (Lipinski definition) is 4. The van der Waals surface area contributed by atoms with Crippen molar-refractivity contribution < 1.29 is 14.8 Å². The minimum atomic E-state index is -0.479. The average molecular weight is 197 g/mol. The van der Waals surface area contributed by atoms with E-state index in [1.54, 1.807) is 12.1 Å². The van der Waals surface area contributed by atoms with Gasteiger partial charge in [-0.05, 0) is 6.07 Å². The van der Waals surface area contributed by atoms with Gasteiger partial charge < -0.3 is 9.84 Å². The Morgan fingerprint density at radius 1 is 1.57 bits per heavy atom. The van der Waals surface area contributed by atoms with E-state index in [2.05, 4.69) is 0 Å². The molecule has 0 aliphatic carbocycles. The van der Waals surface area contributed by atoms with Gasteiger partial charge in [-0.2, -0.15) is 0 Å². The number of methoxy groups -OCH3 is 1. The van der Waals surface area contributed by atoms with Gasteiger partial charge in [-0.3, -0.25) is 10.1 Å². The van der Waals surface area contributed by atoms with Crippen LogP contribution in [0.15, 0.2) is 18.2 Å². The number of ether oxygens (including phenoxy) is 1. The molecule has 0 heterocycles. The molecule has 0 fully saturated rings. The Morgan fingerprint density at radius 2 is 2.29 bits per heavy atom. The lowest BCUT2D eigenvalue weighted by molar-refractivity contribution is -0.385. The SMILES string of the molecule is COc1cccc([N+](=O)[O-])c1CCO. The molecule has 1 aromatic rings. The maximum Gasteiger partial charge on any atom is 0.276 e. The molecule has 5 heteroatoms. The number of benzene rings is 1. The molecular weight excluding hydrogens is 186 g/mol. The summed E-state index contributed by atoms with van der Waals surface area (Å²) in [4.78, 5) is 10.2. The minimum absolute atomic E-state index is 0.0154. The lowest BCUT2D eigenvalue weighted by Crippen LogP contribution is -2.01. The van der Waals surface area contributed by atoms with E-state index in [1.165, 1.54) is 13.2 Å². The van der Waals surface area contributed by atoms with Crippen LogP contribution in [0.2, 0.25) is 0 Å². The molecule has 0 amide bonds. The summed E-state index contributed by atoms with van der Waals surface area (Å²) in [6.45, 7) is -0.138. The third-order valence-corrected chi connectivity index (χ3v) is 1.89. The van der Waals surface area contributed by atoms with Crippen molar-refractivity contribution in [1.82, 2.24) is 0 Å². The van der Waals surface area contributed by atoms with Crippen LogP contribution >= 0.6 is 0 Å². The number of rotatable bonds is 4. The van der Waals surface area contributed by atoms with Crippen LogP contribution in [0.4, 0.5) is 5.69 Å². The fourth-order valence-electron chi connectivity index (χ4n) is 1.28. The summed E-state index contributed by atoms with van der Waals surface area (Å²) >= 11 is 0. The maximum atomic E-state index is 10.6. The topological polar surface area (TPSA) is 72.6 Å². The molecule has 5 nitrogen and oxygen atoms in total. The molecule has 1 rings (SSSR count). The van der Waals surface area contributed by atoms with Crippen LogP contribution in [0.3, 0.4) is 0 Å². The first-order valence-electron chi connectivity index (χ1n) is 4.11. The fourth-order valence-corrected chi connectivity index (χ4v) is 1.28. The van der Waals surface area contributed by atoms with Crippen LogP contribution in [-0.4, -0.2) is 23.7 Å². The van der Waals surface area contributed by atoms with Crippen molar-refractivity contribution in [3.8, 4) is 5.75 Å². The van der Waals surface area contributed by atoms with Crippen LogP contribution in [0.25, 0.3) is 0 Å². The van der Waals surface area contributed by atoms with Crippen molar-refractivity contribution in [3.63, 3.8) is 0 Å². The predicted octanol–water partition coefficient (Wildman–Crippen LogP) is 1.14. The van der Waals surface area contributed by atoms with E-state index in [1.807, 2.05) is 0 Å². The third kappa shape index (κ3) is 2.00. The van der Waals surface area contributed by atoms with Crippen LogP contribution in [0.5, 0.6) is 5.75 Å². The van der Waals surface area contributed by atoms with Crippen molar-refractivity contribution in [3.05, 3.63) is 33.9 Å². The molecule has 0 atom stereocenters. The van der Waals surface area contributed by atoms with Gasteiger partial charge in [0, 0.05) is 19.1 Å². The summed E-state index contributed by atoms with van der Waals surface area (Å²) < 4.78 is 4.97. The summed E-state index contributed by atoms with van der Waals surface area (Å²) in [7, 11) is 1.44. The van der Waals surface area contributed by atoms with E-state index >= 15 is 0 Å². The molecule has 0 aliphatic rings. The Bertz CT molecular complexity index is 338. The van der Waals surface area contributed by atoms with Gasteiger partial charge in [0.05, 0.1) is 17.6 Å².